The van der Waals surface area contributed by atoms with Gasteiger partial charge in [0.15, 0.2) is 0 Å². The van der Waals surface area contributed by atoms with Crippen molar-refractivity contribution in [2.45, 2.75) is 25.8 Å². The third-order valence-corrected chi connectivity index (χ3v) is 3.32. The van der Waals surface area contributed by atoms with Crippen LogP contribution in [0, 0.1) is 0 Å². The molecule has 0 fully saturated rings. The highest BCUT2D eigenvalue weighted by atomic mass is 15.0. The fraction of sp³-hybridized carbons (Fsp3) is 0.357. The van der Waals surface area contributed by atoms with Crippen LogP contribution < -0.4 is 11.1 Å². The second kappa shape index (κ2) is 4.72. The second-order valence-electron chi connectivity index (χ2n) is 4.62. The zero-order valence-corrected chi connectivity index (χ0v) is 10.4. The summed E-state index contributed by atoms with van der Waals surface area (Å²) in [5, 5.41) is 4.67. The lowest BCUT2D eigenvalue weighted by molar-refractivity contribution is 0.507. The molecule has 17 heavy (non-hydrogen) atoms. The normalized spacial score (nSPS) is 14.5. The first-order chi connectivity index (χ1) is 8.18. The molecule has 2 rings (SSSR count). The van der Waals surface area contributed by atoms with Crippen LogP contribution in [-0.4, -0.2) is 17.1 Å². The van der Waals surface area contributed by atoms with Crippen LogP contribution in [0.2, 0.25) is 0 Å². The minimum absolute atomic E-state index is 0.0654. The predicted octanol–water partition coefficient (Wildman–Crippen LogP) is 2.77. The van der Waals surface area contributed by atoms with E-state index in [2.05, 4.69) is 30.2 Å². The molecule has 3 N–H and O–H groups in total. The summed E-state index contributed by atoms with van der Waals surface area (Å²) in [5.41, 5.74) is 7.88. The molecule has 0 bridgehead atoms. The summed E-state index contributed by atoms with van der Waals surface area (Å²) in [6.07, 6.45) is 2.82. The van der Waals surface area contributed by atoms with Gasteiger partial charge in [-0.25, -0.2) is 0 Å². The Hall–Kier alpha value is -1.61. The van der Waals surface area contributed by atoms with Gasteiger partial charge in [-0.3, -0.25) is 4.98 Å². The van der Waals surface area contributed by atoms with E-state index in [0.717, 1.165) is 23.0 Å². The molecule has 1 aromatic carbocycles. The van der Waals surface area contributed by atoms with E-state index in [-0.39, 0.29) is 5.54 Å². The Balaban J connectivity index is 2.42. The van der Waals surface area contributed by atoms with E-state index in [4.69, 9.17) is 5.73 Å². The first-order valence-electron chi connectivity index (χ1n) is 6.00. The van der Waals surface area contributed by atoms with Crippen LogP contribution in [0.4, 0.5) is 5.69 Å². The van der Waals surface area contributed by atoms with E-state index in [9.17, 15) is 0 Å². The summed E-state index contributed by atoms with van der Waals surface area (Å²) in [5.74, 6) is 0. The van der Waals surface area contributed by atoms with Crippen molar-refractivity contribution in [1.82, 2.24) is 4.98 Å². The van der Waals surface area contributed by atoms with E-state index in [1.54, 1.807) is 0 Å². The Morgan fingerprint density at radius 3 is 2.76 bits per heavy atom. The maximum atomic E-state index is 5.83. The number of fused-ring (bicyclic) bond motifs is 1. The Morgan fingerprint density at radius 2 is 2.06 bits per heavy atom. The molecule has 0 saturated heterocycles. The molecule has 0 aliphatic heterocycles. The van der Waals surface area contributed by atoms with Crippen molar-refractivity contribution < 1.29 is 0 Å². The SMILES string of the molecule is CCC(C)(CN)Nc1ccnc2ccccc12. The van der Waals surface area contributed by atoms with Crippen LogP contribution >= 0.6 is 0 Å². The summed E-state index contributed by atoms with van der Waals surface area (Å²) >= 11 is 0. The summed E-state index contributed by atoms with van der Waals surface area (Å²) in [6, 6.07) is 10.1. The highest BCUT2D eigenvalue weighted by Gasteiger charge is 2.20. The molecular formula is C14H19N3. The molecule has 1 atom stereocenters. The fourth-order valence-corrected chi connectivity index (χ4v) is 1.81. The minimum atomic E-state index is -0.0654. The van der Waals surface area contributed by atoms with Crippen molar-refractivity contribution in [2.24, 2.45) is 5.73 Å². The summed E-state index contributed by atoms with van der Waals surface area (Å²) < 4.78 is 0. The Labute approximate surface area is 102 Å². The number of nitrogens with zero attached hydrogens (tertiary/aromatic N) is 1. The summed E-state index contributed by atoms with van der Waals surface area (Å²) in [6.45, 7) is 4.89. The molecule has 3 heteroatoms. The molecule has 0 spiro atoms. The average Bonchev–Trinajstić information content (AvgIpc) is 2.39. The topological polar surface area (TPSA) is 50.9 Å². The molecule has 0 aliphatic rings. The number of hydrogen-bond acceptors (Lipinski definition) is 3. The zero-order chi connectivity index (χ0) is 12.3. The van der Waals surface area contributed by atoms with Crippen molar-refractivity contribution in [3.05, 3.63) is 36.5 Å². The van der Waals surface area contributed by atoms with Crippen molar-refractivity contribution >= 4 is 16.6 Å². The number of aromatic nitrogens is 1. The van der Waals surface area contributed by atoms with Gasteiger partial charge in [0.1, 0.15) is 0 Å². The summed E-state index contributed by atoms with van der Waals surface area (Å²) in [4.78, 5) is 4.35. The van der Waals surface area contributed by atoms with Crippen LogP contribution in [0.3, 0.4) is 0 Å². The third kappa shape index (κ3) is 2.39. The Bertz CT molecular complexity index is 498. The van der Waals surface area contributed by atoms with E-state index >= 15 is 0 Å². The molecular weight excluding hydrogens is 210 g/mol. The van der Waals surface area contributed by atoms with Crippen molar-refractivity contribution in [1.29, 1.82) is 0 Å². The van der Waals surface area contributed by atoms with Crippen LogP contribution in [0.1, 0.15) is 20.3 Å². The van der Waals surface area contributed by atoms with Crippen molar-refractivity contribution in [3.63, 3.8) is 0 Å². The van der Waals surface area contributed by atoms with Gasteiger partial charge < -0.3 is 11.1 Å². The number of rotatable bonds is 4. The highest BCUT2D eigenvalue weighted by Crippen LogP contribution is 2.25. The Morgan fingerprint density at radius 1 is 1.29 bits per heavy atom. The predicted molar refractivity (Wildman–Crippen MR) is 73.1 cm³/mol. The van der Waals surface area contributed by atoms with E-state index in [1.165, 1.54) is 0 Å². The molecule has 1 unspecified atom stereocenters. The van der Waals surface area contributed by atoms with Crippen LogP contribution in [0.5, 0.6) is 0 Å². The first-order valence-corrected chi connectivity index (χ1v) is 6.00. The van der Waals surface area contributed by atoms with Crippen LogP contribution in [-0.2, 0) is 0 Å². The molecule has 1 heterocycles. The fourth-order valence-electron chi connectivity index (χ4n) is 1.81. The number of nitrogens with two attached hydrogens (primary N) is 1. The number of pyridine rings is 1. The number of nitrogens with one attached hydrogen (secondary N) is 1. The molecule has 0 amide bonds. The highest BCUT2D eigenvalue weighted by molar-refractivity contribution is 5.91. The van der Waals surface area contributed by atoms with Crippen LogP contribution in [0.15, 0.2) is 36.5 Å². The van der Waals surface area contributed by atoms with Gasteiger partial charge in [-0.1, -0.05) is 25.1 Å². The van der Waals surface area contributed by atoms with E-state index < -0.39 is 0 Å². The maximum absolute atomic E-state index is 5.83. The molecule has 90 valence electrons. The molecule has 0 saturated carbocycles. The van der Waals surface area contributed by atoms with E-state index in [1.807, 2.05) is 30.5 Å². The molecule has 2 aromatic rings. The summed E-state index contributed by atoms with van der Waals surface area (Å²) in [7, 11) is 0. The van der Waals surface area contributed by atoms with Crippen molar-refractivity contribution in [2.75, 3.05) is 11.9 Å². The van der Waals surface area contributed by atoms with Gasteiger partial charge in [0.25, 0.3) is 0 Å². The molecule has 1 aromatic heterocycles. The Kier molecular flexibility index (Phi) is 3.29. The van der Waals surface area contributed by atoms with Gasteiger partial charge in [0.2, 0.25) is 0 Å². The lowest BCUT2D eigenvalue weighted by Gasteiger charge is -2.29. The van der Waals surface area contributed by atoms with Gasteiger partial charge >= 0.3 is 0 Å². The molecule has 3 nitrogen and oxygen atoms in total. The van der Waals surface area contributed by atoms with Gasteiger partial charge in [-0.15, -0.1) is 0 Å². The van der Waals surface area contributed by atoms with E-state index in [0.29, 0.717) is 6.54 Å². The zero-order valence-electron chi connectivity index (χ0n) is 10.4. The second-order valence-corrected chi connectivity index (χ2v) is 4.62. The number of anilines is 1. The van der Waals surface area contributed by atoms with Crippen LogP contribution in [0.25, 0.3) is 10.9 Å². The average molecular weight is 229 g/mol. The molecule has 0 radical (unpaired) electrons. The van der Waals surface area contributed by atoms with Gasteiger partial charge in [-0.2, -0.15) is 0 Å². The third-order valence-electron chi connectivity index (χ3n) is 3.32. The standard InChI is InChI=1S/C14H19N3/c1-3-14(2,10-15)17-13-8-9-16-12-7-5-4-6-11(12)13/h4-9H,3,10,15H2,1-2H3,(H,16,17). The van der Waals surface area contributed by atoms with Gasteiger partial charge in [0, 0.05) is 29.4 Å². The first kappa shape index (κ1) is 11.9. The minimum Gasteiger partial charge on any atom is -0.378 e. The number of hydrogen-bond donors (Lipinski definition) is 2. The van der Waals surface area contributed by atoms with Crippen molar-refractivity contribution in [3.8, 4) is 0 Å². The lowest BCUT2D eigenvalue weighted by Crippen LogP contribution is -2.41. The largest absolute Gasteiger partial charge is 0.378 e. The number of benzene rings is 1. The monoisotopic (exact) mass is 229 g/mol. The van der Waals surface area contributed by atoms with Gasteiger partial charge in [0.05, 0.1) is 5.52 Å². The quantitative estimate of drug-likeness (QED) is 0.847. The molecule has 0 aliphatic carbocycles. The lowest BCUT2D eigenvalue weighted by atomic mass is 9.98. The van der Waals surface area contributed by atoms with Gasteiger partial charge in [-0.05, 0) is 25.5 Å². The maximum Gasteiger partial charge on any atom is 0.0722 e. The number of para-hydroxylation sites is 1. The smallest absolute Gasteiger partial charge is 0.0722 e.